The third kappa shape index (κ3) is 6.37. The summed E-state index contributed by atoms with van der Waals surface area (Å²) < 4.78 is 24.2. The first-order valence-corrected chi connectivity index (χ1v) is 12.6. The summed E-state index contributed by atoms with van der Waals surface area (Å²) in [5, 5.41) is 8.78. The number of rotatable bonds is 9. The van der Waals surface area contributed by atoms with E-state index in [2.05, 4.69) is 14.8 Å². The van der Waals surface area contributed by atoms with Crippen molar-refractivity contribution in [3.63, 3.8) is 0 Å². The van der Waals surface area contributed by atoms with Crippen molar-refractivity contribution in [1.29, 1.82) is 0 Å². The molecule has 186 valence electrons. The molecule has 36 heavy (non-hydrogen) atoms. The van der Waals surface area contributed by atoms with Crippen molar-refractivity contribution < 1.29 is 14.1 Å². The molecule has 1 heterocycles. The Morgan fingerprint density at radius 3 is 2.67 bits per heavy atom. The van der Waals surface area contributed by atoms with Crippen molar-refractivity contribution in [3.05, 3.63) is 83.0 Å². The average Bonchev–Trinajstić information content (AvgIpc) is 3.26. The second-order valence-corrected chi connectivity index (χ2v) is 9.89. The summed E-state index contributed by atoms with van der Waals surface area (Å²) in [4.78, 5) is 14.9. The SMILES string of the molecule is COc1ccc(Cn2cc3c([S+]([O-])N=CN(C)C)cc(NC(=O)Cc4ccccc4Cl)cc3n2)cc1. The van der Waals surface area contributed by atoms with Crippen LogP contribution in [0.5, 0.6) is 5.75 Å². The van der Waals surface area contributed by atoms with Crippen LogP contribution in [0, 0.1) is 0 Å². The Hall–Kier alpha value is -3.53. The average molecular weight is 524 g/mol. The minimum Gasteiger partial charge on any atom is -0.586 e. The first-order chi connectivity index (χ1) is 17.3. The Kier molecular flexibility index (Phi) is 8.14. The Morgan fingerprint density at radius 1 is 1.22 bits per heavy atom. The van der Waals surface area contributed by atoms with Crippen molar-refractivity contribution in [2.75, 3.05) is 26.5 Å². The molecule has 0 saturated carbocycles. The van der Waals surface area contributed by atoms with E-state index in [9.17, 15) is 9.35 Å². The molecule has 0 saturated heterocycles. The molecule has 1 atom stereocenters. The van der Waals surface area contributed by atoms with Crippen molar-refractivity contribution in [3.8, 4) is 5.75 Å². The van der Waals surface area contributed by atoms with Gasteiger partial charge in [0, 0.05) is 37.1 Å². The fraction of sp³-hybridized carbons (Fsp3) is 0.192. The molecule has 0 radical (unpaired) electrons. The van der Waals surface area contributed by atoms with Crippen molar-refractivity contribution in [2.24, 2.45) is 4.40 Å². The second-order valence-electron chi connectivity index (χ2n) is 8.33. The highest BCUT2D eigenvalue weighted by Gasteiger charge is 2.20. The smallest absolute Gasteiger partial charge is 0.228 e. The predicted molar refractivity (Wildman–Crippen MR) is 144 cm³/mol. The molecule has 4 rings (SSSR count). The van der Waals surface area contributed by atoms with Gasteiger partial charge in [-0.15, -0.1) is 0 Å². The Labute approximate surface area is 217 Å². The first-order valence-electron chi connectivity index (χ1n) is 11.1. The summed E-state index contributed by atoms with van der Waals surface area (Å²) >= 11 is 4.51. The van der Waals surface area contributed by atoms with Crippen LogP contribution in [0.1, 0.15) is 11.1 Å². The second kappa shape index (κ2) is 11.5. The minimum absolute atomic E-state index is 0.112. The number of nitrogens with zero attached hydrogens (tertiary/aromatic N) is 4. The van der Waals surface area contributed by atoms with Crippen LogP contribution in [0.25, 0.3) is 10.9 Å². The summed E-state index contributed by atoms with van der Waals surface area (Å²) in [6, 6.07) is 18.4. The number of carbonyl (C=O) groups excluding carboxylic acids is 1. The number of hydrogen-bond acceptors (Lipinski definition) is 5. The van der Waals surface area contributed by atoms with Crippen molar-refractivity contribution >= 4 is 51.8 Å². The van der Waals surface area contributed by atoms with Gasteiger partial charge < -0.3 is 19.5 Å². The molecule has 0 spiro atoms. The van der Waals surface area contributed by atoms with Gasteiger partial charge in [-0.05, 0) is 39.8 Å². The normalized spacial score (nSPS) is 12.1. The lowest BCUT2D eigenvalue weighted by Crippen LogP contribution is -2.15. The van der Waals surface area contributed by atoms with Crippen LogP contribution in [-0.4, -0.2) is 52.7 Å². The van der Waals surface area contributed by atoms with Gasteiger partial charge in [-0.3, -0.25) is 9.48 Å². The molecule has 10 heteroatoms. The number of ether oxygens (including phenoxy) is 1. The van der Waals surface area contributed by atoms with E-state index in [0.29, 0.717) is 33.1 Å². The van der Waals surface area contributed by atoms with Crippen LogP contribution in [0.2, 0.25) is 5.02 Å². The number of fused-ring (bicyclic) bond motifs is 1. The van der Waals surface area contributed by atoms with Gasteiger partial charge in [0.25, 0.3) is 0 Å². The highest BCUT2D eigenvalue weighted by atomic mass is 35.5. The number of benzene rings is 3. The summed E-state index contributed by atoms with van der Waals surface area (Å²) in [7, 11) is 5.23. The predicted octanol–water partition coefficient (Wildman–Crippen LogP) is 4.54. The van der Waals surface area contributed by atoms with Crippen LogP contribution in [0.15, 0.2) is 76.2 Å². The lowest BCUT2D eigenvalue weighted by atomic mass is 10.1. The van der Waals surface area contributed by atoms with Gasteiger partial charge in [0.15, 0.2) is 4.90 Å². The number of nitrogens with one attached hydrogen (secondary N) is 1. The fourth-order valence-corrected chi connectivity index (χ4v) is 4.73. The largest absolute Gasteiger partial charge is 0.586 e. The molecule has 0 aliphatic heterocycles. The van der Waals surface area contributed by atoms with Crippen LogP contribution in [0.3, 0.4) is 0 Å². The molecule has 3 aromatic carbocycles. The Morgan fingerprint density at radius 2 is 1.97 bits per heavy atom. The molecule has 0 aliphatic rings. The summed E-state index contributed by atoms with van der Waals surface area (Å²) in [5.74, 6) is 0.534. The van der Waals surface area contributed by atoms with Crippen LogP contribution < -0.4 is 10.1 Å². The van der Waals surface area contributed by atoms with E-state index in [4.69, 9.17) is 16.3 Å². The van der Waals surface area contributed by atoms with E-state index in [-0.39, 0.29) is 12.3 Å². The number of carbonyl (C=O) groups is 1. The van der Waals surface area contributed by atoms with Gasteiger partial charge in [0.05, 0.1) is 31.0 Å². The molecule has 0 bridgehead atoms. The Bertz CT molecular complexity index is 1390. The Balaban J connectivity index is 1.64. The highest BCUT2D eigenvalue weighted by molar-refractivity contribution is 7.90. The zero-order valence-electron chi connectivity index (χ0n) is 20.1. The molecule has 1 N–H and O–H groups in total. The van der Waals surface area contributed by atoms with Crippen LogP contribution >= 0.6 is 11.6 Å². The third-order valence-corrected chi connectivity index (χ3v) is 6.66. The molecule has 0 fully saturated rings. The third-order valence-electron chi connectivity index (χ3n) is 5.29. The van der Waals surface area contributed by atoms with Gasteiger partial charge in [0.2, 0.25) is 5.91 Å². The fourth-order valence-electron chi connectivity index (χ4n) is 3.57. The quantitative estimate of drug-likeness (QED) is 0.197. The number of hydrogen-bond donors (Lipinski definition) is 1. The lowest BCUT2D eigenvalue weighted by molar-refractivity contribution is -0.115. The molecule has 1 amide bonds. The van der Waals surface area contributed by atoms with Gasteiger partial charge >= 0.3 is 0 Å². The van der Waals surface area contributed by atoms with E-state index in [0.717, 1.165) is 16.9 Å². The van der Waals surface area contributed by atoms with Crippen LogP contribution in [-0.2, 0) is 29.1 Å². The molecule has 1 unspecified atom stereocenters. The highest BCUT2D eigenvalue weighted by Crippen LogP contribution is 2.29. The maximum Gasteiger partial charge on any atom is 0.228 e. The van der Waals surface area contributed by atoms with Gasteiger partial charge in [0.1, 0.15) is 23.4 Å². The van der Waals surface area contributed by atoms with E-state index in [1.807, 2.05) is 48.7 Å². The zero-order chi connectivity index (χ0) is 25.7. The number of aromatic nitrogens is 2. The van der Waals surface area contributed by atoms with E-state index in [1.165, 1.54) is 6.34 Å². The summed E-state index contributed by atoms with van der Waals surface area (Å²) in [5.41, 5.74) is 2.84. The molecule has 1 aromatic heterocycles. The molecular formula is C26H26ClN5O3S. The monoisotopic (exact) mass is 523 g/mol. The number of amides is 1. The van der Waals surface area contributed by atoms with Gasteiger partial charge in [-0.2, -0.15) is 5.10 Å². The first kappa shape index (κ1) is 25.6. The zero-order valence-corrected chi connectivity index (χ0v) is 21.7. The van der Waals surface area contributed by atoms with E-state index < -0.39 is 11.4 Å². The van der Waals surface area contributed by atoms with E-state index >= 15 is 0 Å². The molecule has 4 aromatic rings. The standard InChI is InChI=1S/C26H26ClN5O3S/c1-31(2)17-28-36(34)25-14-20(29-26(33)12-19-6-4-5-7-23(19)27)13-24-22(25)16-32(30-24)15-18-8-10-21(35-3)11-9-18/h4-11,13-14,16-17H,12,15H2,1-3H3,(H,29,33). The maximum atomic E-state index is 13.1. The topological polar surface area (TPSA) is 94.8 Å². The number of methoxy groups -OCH3 is 1. The molecular weight excluding hydrogens is 498 g/mol. The maximum absolute atomic E-state index is 13.1. The van der Waals surface area contributed by atoms with Gasteiger partial charge in [-0.25, -0.2) is 0 Å². The molecule has 0 aliphatic carbocycles. The van der Waals surface area contributed by atoms with Gasteiger partial charge in [-0.1, -0.05) is 41.9 Å². The number of anilines is 1. The summed E-state index contributed by atoms with van der Waals surface area (Å²) in [6.07, 6.45) is 3.44. The van der Waals surface area contributed by atoms with E-state index in [1.54, 1.807) is 49.0 Å². The number of halogens is 1. The van der Waals surface area contributed by atoms with Crippen LogP contribution in [0.4, 0.5) is 5.69 Å². The summed E-state index contributed by atoms with van der Waals surface area (Å²) in [6.45, 7) is 0.514. The molecule has 8 nitrogen and oxygen atoms in total. The van der Waals surface area contributed by atoms with Crippen molar-refractivity contribution in [1.82, 2.24) is 14.7 Å². The van der Waals surface area contributed by atoms with Crippen molar-refractivity contribution in [2.45, 2.75) is 17.9 Å². The lowest BCUT2D eigenvalue weighted by Gasteiger charge is -2.10. The minimum atomic E-state index is -1.70.